The van der Waals surface area contributed by atoms with E-state index in [0.29, 0.717) is 12.1 Å². The van der Waals surface area contributed by atoms with E-state index in [4.69, 9.17) is 0 Å². The molecule has 0 aliphatic carbocycles. The van der Waals surface area contributed by atoms with E-state index in [9.17, 15) is 4.79 Å². The van der Waals surface area contributed by atoms with E-state index < -0.39 is 0 Å². The number of carbonyl (C=O) groups excluding carboxylic acids is 1. The average Bonchev–Trinajstić information content (AvgIpc) is 3.16. The van der Waals surface area contributed by atoms with Crippen LogP contribution in [0.1, 0.15) is 61.2 Å². The van der Waals surface area contributed by atoms with E-state index in [1.807, 2.05) is 10.7 Å². The molecule has 136 valence electrons. The van der Waals surface area contributed by atoms with E-state index in [-0.39, 0.29) is 11.9 Å². The fraction of sp³-hybridized carbons (Fsp3) is 0.500. The molecule has 0 fully saturated rings. The first-order chi connectivity index (χ1) is 12.6. The third-order valence-electron chi connectivity index (χ3n) is 4.78. The van der Waals surface area contributed by atoms with Gasteiger partial charge < -0.3 is 9.88 Å². The molecule has 0 saturated carbocycles. The number of hydrogen-bond acceptors (Lipinski definition) is 5. The predicted octanol–water partition coefficient (Wildman–Crippen LogP) is 2.26. The van der Waals surface area contributed by atoms with Crippen LogP contribution in [0.15, 0.2) is 18.5 Å². The number of rotatable bonds is 4. The number of hydrogen-bond donors (Lipinski definition) is 1. The molecule has 0 saturated heterocycles. The van der Waals surface area contributed by atoms with Crippen LogP contribution in [-0.2, 0) is 19.5 Å². The van der Waals surface area contributed by atoms with Crippen LogP contribution >= 0.6 is 0 Å². The number of aromatic nitrogens is 6. The van der Waals surface area contributed by atoms with Crippen molar-refractivity contribution in [2.24, 2.45) is 0 Å². The molecule has 0 unspecified atom stereocenters. The van der Waals surface area contributed by atoms with Crippen LogP contribution in [0.4, 0.5) is 0 Å². The van der Waals surface area contributed by atoms with Crippen molar-refractivity contribution in [1.82, 2.24) is 34.8 Å². The second-order valence-corrected chi connectivity index (χ2v) is 7.00. The van der Waals surface area contributed by atoms with Crippen LogP contribution in [-0.4, -0.2) is 35.4 Å². The van der Waals surface area contributed by atoms with Crippen molar-refractivity contribution in [3.8, 4) is 0 Å². The molecule has 0 bridgehead atoms. The molecule has 4 rings (SSSR count). The van der Waals surface area contributed by atoms with Gasteiger partial charge in [0.1, 0.15) is 5.82 Å². The van der Waals surface area contributed by atoms with Gasteiger partial charge in [0, 0.05) is 30.6 Å². The quantitative estimate of drug-likeness (QED) is 0.777. The molecule has 0 aromatic carbocycles. The average molecular weight is 353 g/mol. The first kappa shape index (κ1) is 16.7. The summed E-state index contributed by atoms with van der Waals surface area (Å²) in [5.41, 5.74) is 1.32. The summed E-state index contributed by atoms with van der Waals surface area (Å²) in [5.74, 6) is 1.68. The van der Waals surface area contributed by atoms with Crippen LogP contribution in [0, 0.1) is 0 Å². The molecule has 8 nitrogen and oxygen atoms in total. The minimum Gasteiger partial charge on any atom is -0.345 e. The molecule has 4 heterocycles. The van der Waals surface area contributed by atoms with Gasteiger partial charge >= 0.3 is 0 Å². The maximum absolute atomic E-state index is 12.5. The molecule has 1 amide bonds. The lowest BCUT2D eigenvalue weighted by Crippen LogP contribution is -2.25. The topological polar surface area (TPSA) is 90.5 Å². The fourth-order valence-corrected chi connectivity index (χ4v) is 3.38. The molecular weight excluding hydrogens is 330 g/mol. The molecule has 0 spiro atoms. The Morgan fingerprint density at radius 1 is 1.23 bits per heavy atom. The summed E-state index contributed by atoms with van der Waals surface area (Å²) in [6, 6.07) is 2.05. The zero-order valence-corrected chi connectivity index (χ0v) is 15.1. The SMILES string of the molecule is CC(C)n1ncc2cc(C(=O)NCc3nnc4n3CCCCC4)cnc21. The molecule has 1 aliphatic rings. The number of aryl methyl sites for hydroxylation is 1. The van der Waals surface area contributed by atoms with Crippen molar-refractivity contribution in [3.05, 3.63) is 35.7 Å². The summed E-state index contributed by atoms with van der Waals surface area (Å²) >= 11 is 0. The van der Waals surface area contributed by atoms with Gasteiger partial charge in [-0.15, -0.1) is 10.2 Å². The Labute approximate surface area is 151 Å². The van der Waals surface area contributed by atoms with Gasteiger partial charge in [-0.1, -0.05) is 6.42 Å². The van der Waals surface area contributed by atoms with Gasteiger partial charge in [0.25, 0.3) is 5.91 Å². The van der Waals surface area contributed by atoms with E-state index in [1.54, 1.807) is 12.4 Å². The number of nitrogens with one attached hydrogen (secondary N) is 1. The van der Waals surface area contributed by atoms with Crippen molar-refractivity contribution in [2.45, 2.75) is 58.7 Å². The van der Waals surface area contributed by atoms with E-state index in [1.165, 1.54) is 6.42 Å². The van der Waals surface area contributed by atoms with Gasteiger partial charge in [-0.25, -0.2) is 9.67 Å². The number of nitrogens with zero attached hydrogens (tertiary/aromatic N) is 6. The summed E-state index contributed by atoms with van der Waals surface area (Å²) in [5, 5.41) is 16.7. The monoisotopic (exact) mass is 353 g/mol. The van der Waals surface area contributed by atoms with Gasteiger partial charge in [0.15, 0.2) is 11.5 Å². The molecule has 26 heavy (non-hydrogen) atoms. The van der Waals surface area contributed by atoms with Crippen LogP contribution in [0.3, 0.4) is 0 Å². The van der Waals surface area contributed by atoms with Crippen LogP contribution in [0.2, 0.25) is 0 Å². The third-order valence-corrected chi connectivity index (χ3v) is 4.78. The molecule has 3 aromatic heterocycles. The summed E-state index contributed by atoms with van der Waals surface area (Å²) in [7, 11) is 0. The summed E-state index contributed by atoms with van der Waals surface area (Å²) in [6.45, 7) is 5.40. The highest BCUT2D eigenvalue weighted by molar-refractivity contribution is 5.96. The van der Waals surface area contributed by atoms with E-state index in [0.717, 1.165) is 48.5 Å². The summed E-state index contributed by atoms with van der Waals surface area (Å²) < 4.78 is 3.99. The second-order valence-electron chi connectivity index (χ2n) is 7.00. The zero-order valence-electron chi connectivity index (χ0n) is 15.1. The lowest BCUT2D eigenvalue weighted by Gasteiger charge is -2.09. The van der Waals surface area contributed by atoms with Crippen LogP contribution in [0.25, 0.3) is 11.0 Å². The summed E-state index contributed by atoms with van der Waals surface area (Å²) in [6.07, 6.45) is 7.80. The van der Waals surface area contributed by atoms with Gasteiger partial charge in [0.2, 0.25) is 0 Å². The van der Waals surface area contributed by atoms with Gasteiger partial charge in [-0.3, -0.25) is 4.79 Å². The van der Waals surface area contributed by atoms with Crippen LogP contribution in [0.5, 0.6) is 0 Å². The molecule has 0 radical (unpaired) electrons. The number of pyridine rings is 1. The molecule has 1 N–H and O–H groups in total. The largest absolute Gasteiger partial charge is 0.345 e. The highest BCUT2D eigenvalue weighted by Crippen LogP contribution is 2.17. The van der Waals surface area contributed by atoms with E-state index >= 15 is 0 Å². The third kappa shape index (κ3) is 3.07. The predicted molar refractivity (Wildman–Crippen MR) is 96.7 cm³/mol. The maximum Gasteiger partial charge on any atom is 0.253 e. The van der Waals surface area contributed by atoms with Crippen molar-refractivity contribution in [2.75, 3.05) is 0 Å². The Balaban J connectivity index is 1.49. The minimum atomic E-state index is -0.164. The van der Waals surface area contributed by atoms with E-state index in [2.05, 4.69) is 44.0 Å². The second kappa shape index (κ2) is 6.86. The minimum absolute atomic E-state index is 0.164. The molecule has 3 aromatic rings. The lowest BCUT2D eigenvalue weighted by molar-refractivity contribution is 0.0949. The van der Waals surface area contributed by atoms with Crippen molar-refractivity contribution < 1.29 is 4.79 Å². The van der Waals surface area contributed by atoms with Gasteiger partial charge in [-0.2, -0.15) is 5.10 Å². The molecule has 1 aliphatic heterocycles. The van der Waals surface area contributed by atoms with Crippen molar-refractivity contribution in [1.29, 1.82) is 0 Å². The molecule has 0 atom stereocenters. The highest BCUT2D eigenvalue weighted by Gasteiger charge is 2.16. The Morgan fingerprint density at radius 3 is 2.96 bits per heavy atom. The highest BCUT2D eigenvalue weighted by atomic mass is 16.1. The Kier molecular flexibility index (Phi) is 4.40. The maximum atomic E-state index is 12.5. The first-order valence-electron chi connectivity index (χ1n) is 9.16. The number of amides is 1. The zero-order chi connectivity index (χ0) is 18.1. The Hall–Kier alpha value is -2.77. The smallest absolute Gasteiger partial charge is 0.253 e. The Morgan fingerprint density at radius 2 is 2.12 bits per heavy atom. The lowest BCUT2D eigenvalue weighted by atomic mass is 10.2. The molecular formula is C18H23N7O. The molecule has 8 heteroatoms. The normalized spacial score (nSPS) is 14.4. The standard InChI is InChI=1S/C18H23N7O/c1-12(2)25-17-13(10-21-25)8-14(9-19-17)18(26)20-11-16-23-22-15-6-4-3-5-7-24(15)16/h8-10,12H,3-7,11H2,1-2H3,(H,20,26). The first-order valence-corrected chi connectivity index (χ1v) is 9.16. The van der Waals surface area contributed by atoms with Gasteiger partial charge in [0.05, 0.1) is 18.3 Å². The van der Waals surface area contributed by atoms with Gasteiger partial charge in [-0.05, 0) is 32.8 Å². The fourth-order valence-electron chi connectivity index (χ4n) is 3.38. The van der Waals surface area contributed by atoms with Crippen LogP contribution < -0.4 is 5.32 Å². The Bertz CT molecular complexity index is 940. The number of fused-ring (bicyclic) bond motifs is 2. The summed E-state index contributed by atoms with van der Waals surface area (Å²) in [4.78, 5) is 16.9. The van der Waals surface area contributed by atoms with Crippen molar-refractivity contribution in [3.63, 3.8) is 0 Å². The van der Waals surface area contributed by atoms with Crippen molar-refractivity contribution >= 4 is 16.9 Å². The number of carbonyl (C=O) groups is 1.